The Labute approximate surface area is 137 Å². The molecule has 0 spiro atoms. The summed E-state index contributed by atoms with van der Waals surface area (Å²) in [6, 6.07) is 6.12. The van der Waals surface area contributed by atoms with Gasteiger partial charge in [-0.05, 0) is 25.0 Å². The number of nitrogens with zero attached hydrogens (tertiary/aromatic N) is 1. The van der Waals surface area contributed by atoms with Gasteiger partial charge in [-0.15, -0.1) is 0 Å². The Morgan fingerprint density at radius 2 is 1.86 bits per heavy atom. The fourth-order valence-corrected chi connectivity index (χ4v) is 3.52. The monoisotopic (exact) mass is 318 g/mol. The van der Waals surface area contributed by atoms with Crippen molar-refractivity contribution in [2.75, 3.05) is 5.32 Å². The third-order valence-corrected chi connectivity index (χ3v) is 4.81. The SMILES string of the molecule is CCCCCCCCCC(=O)Nc1nc2c(C)cccc2s1. The second-order valence-corrected chi connectivity index (χ2v) is 6.89. The molecule has 1 amide bonds. The summed E-state index contributed by atoms with van der Waals surface area (Å²) in [5.41, 5.74) is 2.15. The number of anilines is 1. The number of rotatable bonds is 9. The lowest BCUT2D eigenvalue weighted by atomic mass is 10.1. The number of aryl methyl sites for hydroxylation is 1. The zero-order chi connectivity index (χ0) is 15.8. The number of aromatic nitrogens is 1. The van der Waals surface area contributed by atoms with Gasteiger partial charge in [-0.2, -0.15) is 0 Å². The highest BCUT2D eigenvalue weighted by Gasteiger charge is 2.08. The molecule has 0 radical (unpaired) electrons. The van der Waals surface area contributed by atoms with Crippen LogP contribution in [0.3, 0.4) is 0 Å². The van der Waals surface area contributed by atoms with Gasteiger partial charge in [0.25, 0.3) is 0 Å². The molecule has 0 unspecified atom stereocenters. The Hall–Kier alpha value is -1.42. The number of amides is 1. The highest BCUT2D eigenvalue weighted by Crippen LogP contribution is 2.27. The molecule has 0 saturated carbocycles. The molecular weight excluding hydrogens is 292 g/mol. The lowest BCUT2D eigenvalue weighted by molar-refractivity contribution is -0.116. The van der Waals surface area contributed by atoms with Gasteiger partial charge in [0.15, 0.2) is 5.13 Å². The summed E-state index contributed by atoms with van der Waals surface area (Å²) in [6.07, 6.45) is 9.20. The van der Waals surface area contributed by atoms with E-state index in [1.165, 1.54) is 32.1 Å². The van der Waals surface area contributed by atoms with Crippen molar-refractivity contribution in [2.45, 2.75) is 65.2 Å². The first-order valence-electron chi connectivity index (χ1n) is 8.36. The van der Waals surface area contributed by atoms with E-state index in [2.05, 4.69) is 17.2 Å². The molecule has 1 aromatic carbocycles. The van der Waals surface area contributed by atoms with E-state index < -0.39 is 0 Å². The van der Waals surface area contributed by atoms with Crippen LogP contribution in [-0.4, -0.2) is 10.9 Å². The maximum absolute atomic E-state index is 12.0. The quantitative estimate of drug-likeness (QED) is 0.604. The Balaban J connectivity index is 1.71. The molecule has 4 heteroatoms. The number of hydrogen-bond donors (Lipinski definition) is 1. The molecule has 1 heterocycles. The van der Waals surface area contributed by atoms with Crippen LogP contribution >= 0.6 is 11.3 Å². The van der Waals surface area contributed by atoms with Gasteiger partial charge in [0.05, 0.1) is 10.2 Å². The third kappa shape index (κ3) is 5.09. The van der Waals surface area contributed by atoms with E-state index in [0.717, 1.165) is 33.8 Å². The van der Waals surface area contributed by atoms with E-state index in [1.54, 1.807) is 11.3 Å². The number of hydrogen-bond acceptors (Lipinski definition) is 3. The minimum Gasteiger partial charge on any atom is -0.302 e. The standard InChI is InChI=1S/C18H26N2OS/c1-3-4-5-6-7-8-9-13-16(21)19-18-20-17-14(2)11-10-12-15(17)22-18/h10-12H,3-9,13H2,1-2H3,(H,19,20,21). The Bertz CT molecular complexity index is 606. The van der Waals surface area contributed by atoms with Gasteiger partial charge in [0, 0.05) is 6.42 Å². The van der Waals surface area contributed by atoms with E-state index in [1.807, 2.05) is 25.1 Å². The minimum atomic E-state index is 0.0882. The van der Waals surface area contributed by atoms with Crippen LogP contribution in [0.5, 0.6) is 0 Å². The van der Waals surface area contributed by atoms with Crippen LogP contribution in [0.4, 0.5) is 5.13 Å². The van der Waals surface area contributed by atoms with Gasteiger partial charge in [-0.1, -0.05) is 68.9 Å². The number of carbonyl (C=O) groups excluding carboxylic acids is 1. The first-order valence-corrected chi connectivity index (χ1v) is 9.18. The van der Waals surface area contributed by atoms with E-state index >= 15 is 0 Å². The normalized spacial score (nSPS) is 11.0. The largest absolute Gasteiger partial charge is 0.302 e. The molecule has 0 aliphatic rings. The fourth-order valence-electron chi connectivity index (χ4n) is 2.56. The van der Waals surface area contributed by atoms with Gasteiger partial charge in [0.2, 0.25) is 5.91 Å². The molecular formula is C18H26N2OS. The van der Waals surface area contributed by atoms with Crippen molar-refractivity contribution in [3.05, 3.63) is 23.8 Å². The summed E-state index contributed by atoms with van der Waals surface area (Å²) in [5, 5.41) is 3.66. The van der Waals surface area contributed by atoms with Crippen molar-refractivity contribution in [3.63, 3.8) is 0 Å². The Kier molecular flexibility index (Phi) is 6.84. The molecule has 0 bridgehead atoms. The molecule has 0 aliphatic carbocycles. The highest BCUT2D eigenvalue weighted by molar-refractivity contribution is 7.22. The number of carbonyl (C=O) groups is 1. The van der Waals surface area contributed by atoms with Crippen molar-refractivity contribution in [2.24, 2.45) is 0 Å². The Morgan fingerprint density at radius 3 is 2.59 bits per heavy atom. The molecule has 0 saturated heterocycles. The smallest absolute Gasteiger partial charge is 0.226 e. The number of unbranched alkanes of at least 4 members (excludes halogenated alkanes) is 6. The van der Waals surface area contributed by atoms with Gasteiger partial charge in [0.1, 0.15) is 0 Å². The van der Waals surface area contributed by atoms with Gasteiger partial charge in [-0.3, -0.25) is 4.79 Å². The molecule has 0 aliphatic heterocycles. The van der Waals surface area contributed by atoms with Crippen molar-refractivity contribution in [1.29, 1.82) is 0 Å². The molecule has 1 N–H and O–H groups in total. The second-order valence-electron chi connectivity index (χ2n) is 5.86. The first kappa shape index (κ1) is 16.9. The zero-order valence-corrected chi connectivity index (χ0v) is 14.5. The molecule has 2 rings (SSSR count). The van der Waals surface area contributed by atoms with Gasteiger partial charge in [-0.25, -0.2) is 4.98 Å². The van der Waals surface area contributed by atoms with Crippen molar-refractivity contribution in [1.82, 2.24) is 4.98 Å². The van der Waals surface area contributed by atoms with Crippen LogP contribution in [0.25, 0.3) is 10.2 Å². The molecule has 0 atom stereocenters. The topological polar surface area (TPSA) is 42.0 Å². The number of thiazole rings is 1. The zero-order valence-electron chi connectivity index (χ0n) is 13.7. The fraction of sp³-hybridized carbons (Fsp3) is 0.556. The second kappa shape index (κ2) is 8.89. The number of benzene rings is 1. The summed E-state index contributed by atoms with van der Waals surface area (Å²) in [4.78, 5) is 16.5. The van der Waals surface area contributed by atoms with E-state index in [4.69, 9.17) is 0 Å². The summed E-state index contributed by atoms with van der Waals surface area (Å²) in [7, 11) is 0. The van der Waals surface area contributed by atoms with Crippen LogP contribution in [0.15, 0.2) is 18.2 Å². The van der Waals surface area contributed by atoms with Crippen LogP contribution in [0, 0.1) is 6.92 Å². The number of para-hydroxylation sites is 1. The predicted molar refractivity (Wildman–Crippen MR) is 95.6 cm³/mol. The molecule has 22 heavy (non-hydrogen) atoms. The maximum atomic E-state index is 12.0. The molecule has 120 valence electrons. The van der Waals surface area contributed by atoms with E-state index in [-0.39, 0.29) is 5.91 Å². The van der Waals surface area contributed by atoms with Crippen LogP contribution in [0.2, 0.25) is 0 Å². The number of fused-ring (bicyclic) bond motifs is 1. The lowest BCUT2D eigenvalue weighted by Crippen LogP contribution is -2.10. The van der Waals surface area contributed by atoms with Gasteiger partial charge >= 0.3 is 0 Å². The van der Waals surface area contributed by atoms with Crippen molar-refractivity contribution in [3.8, 4) is 0 Å². The summed E-state index contributed by atoms with van der Waals surface area (Å²) >= 11 is 1.55. The van der Waals surface area contributed by atoms with Crippen LogP contribution in [0.1, 0.15) is 63.9 Å². The first-order chi connectivity index (χ1) is 10.7. The van der Waals surface area contributed by atoms with E-state index in [0.29, 0.717) is 6.42 Å². The number of nitrogens with one attached hydrogen (secondary N) is 1. The molecule has 1 aromatic heterocycles. The van der Waals surface area contributed by atoms with Crippen LogP contribution in [-0.2, 0) is 4.79 Å². The minimum absolute atomic E-state index is 0.0882. The van der Waals surface area contributed by atoms with E-state index in [9.17, 15) is 4.79 Å². The molecule has 3 nitrogen and oxygen atoms in total. The van der Waals surface area contributed by atoms with Crippen LogP contribution < -0.4 is 5.32 Å². The average Bonchev–Trinajstić information content (AvgIpc) is 2.90. The summed E-state index contributed by atoms with van der Waals surface area (Å²) < 4.78 is 1.13. The average molecular weight is 318 g/mol. The maximum Gasteiger partial charge on any atom is 0.226 e. The van der Waals surface area contributed by atoms with Crippen molar-refractivity contribution < 1.29 is 4.79 Å². The predicted octanol–water partition coefficient (Wildman–Crippen LogP) is 5.68. The Morgan fingerprint density at radius 1 is 1.14 bits per heavy atom. The third-order valence-electron chi connectivity index (χ3n) is 3.87. The van der Waals surface area contributed by atoms with Gasteiger partial charge < -0.3 is 5.32 Å². The molecule has 2 aromatic rings. The molecule has 0 fully saturated rings. The summed E-state index contributed by atoms with van der Waals surface area (Å²) in [6.45, 7) is 4.28. The highest BCUT2D eigenvalue weighted by atomic mass is 32.1. The van der Waals surface area contributed by atoms with Crippen molar-refractivity contribution >= 4 is 32.6 Å². The summed E-state index contributed by atoms with van der Waals surface area (Å²) in [5.74, 6) is 0.0882. The lowest BCUT2D eigenvalue weighted by Gasteiger charge is -2.02.